The summed E-state index contributed by atoms with van der Waals surface area (Å²) in [5.74, 6) is 0.344. The summed E-state index contributed by atoms with van der Waals surface area (Å²) in [6.45, 7) is 3.71. The Bertz CT molecular complexity index is 995. The van der Waals surface area contributed by atoms with Crippen molar-refractivity contribution in [3.8, 4) is 5.75 Å². The van der Waals surface area contributed by atoms with Crippen LogP contribution in [0, 0.1) is 5.92 Å². The number of pyridine rings is 1. The number of carboxylic acids is 1. The fourth-order valence-corrected chi connectivity index (χ4v) is 5.24. The zero-order valence-electron chi connectivity index (χ0n) is 20.5. The van der Waals surface area contributed by atoms with Gasteiger partial charge in [0.1, 0.15) is 5.75 Å². The van der Waals surface area contributed by atoms with Gasteiger partial charge in [-0.3, -0.25) is 9.78 Å². The number of carbonyl (C=O) groups is 2. The van der Waals surface area contributed by atoms with Gasteiger partial charge in [-0.15, -0.1) is 0 Å². The van der Waals surface area contributed by atoms with Crippen LogP contribution < -0.4 is 10.1 Å². The van der Waals surface area contributed by atoms with Gasteiger partial charge in [0.2, 0.25) is 5.91 Å². The lowest BCUT2D eigenvalue weighted by Gasteiger charge is -2.37. The molecule has 2 aromatic rings. The van der Waals surface area contributed by atoms with E-state index in [-0.39, 0.29) is 17.5 Å². The van der Waals surface area contributed by atoms with Crippen molar-refractivity contribution >= 4 is 11.9 Å². The number of nitrogens with one attached hydrogen (secondary N) is 1. The molecule has 1 aromatic heterocycles. The number of aromatic nitrogens is 1. The average molecular weight is 481 g/mol. The molecule has 0 unspecified atom stereocenters. The lowest BCUT2D eigenvalue weighted by molar-refractivity contribution is -0.131. The lowest BCUT2D eigenvalue weighted by Crippen LogP contribution is -2.50. The Kier molecular flexibility index (Phi) is 8.39. The Morgan fingerprint density at radius 3 is 2.54 bits per heavy atom. The highest BCUT2D eigenvalue weighted by Gasteiger charge is 2.42. The molecule has 1 aliphatic heterocycles. The highest BCUT2D eigenvalue weighted by Crippen LogP contribution is 2.36. The van der Waals surface area contributed by atoms with Crippen LogP contribution in [-0.4, -0.2) is 47.8 Å². The zero-order valence-corrected chi connectivity index (χ0v) is 20.5. The first-order valence-electron chi connectivity index (χ1n) is 12.8. The molecule has 0 radical (unpaired) electrons. The molecular weight excluding hydrogens is 444 g/mol. The van der Waals surface area contributed by atoms with Gasteiger partial charge >= 0.3 is 5.97 Å². The molecule has 7 heteroatoms. The van der Waals surface area contributed by atoms with Gasteiger partial charge in [-0.05, 0) is 74.3 Å². The average Bonchev–Trinajstić information content (AvgIpc) is 2.89. The zero-order chi connectivity index (χ0) is 24.7. The van der Waals surface area contributed by atoms with Crippen LogP contribution in [0.15, 0.2) is 42.7 Å². The minimum atomic E-state index is -0.946. The van der Waals surface area contributed by atoms with Crippen molar-refractivity contribution in [1.82, 2.24) is 10.3 Å². The molecule has 188 valence electrons. The molecule has 2 heterocycles. The summed E-state index contributed by atoms with van der Waals surface area (Å²) in [6.07, 6.45) is 11.6. The molecule has 2 N–H and O–H groups in total. The molecule has 1 aliphatic carbocycles. The molecule has 2 aliphatic rings. The number of benzene rings is 1. The van der Waals surface area contributed by atoms with Gasteiger partial charge in [0, 0.05) is 25.5 Å². The second-order valence-corrected chi connectivity index (χ2v) is 10.00. The maximum atomic E-state index is 13.7. The molecular formula is C28H36N2O5. The van der Waals surface area contributed by atoms with E-state index < -0.39 is 11.4 Å². The molecule has 1 aromatic carbocycles. The third-order valence-corrected chi connectivity index (χ3v) is 7.38. The van der Waals surface area contributed by atoms with Crippen molar-refractivity contribution in [1.29, 1.82) is 0 Å². The van der Waals surface area contributed by atoms with Gasteiger partial charge in [-0.25, -0.2) is 4.79 Å². The maximum absolute atomic E-state index is 13.7. The Labute approximate surface area is 207 Å². The van der Waals surface area contributed by atoms with E-state index in [1.54, 1.807) is 36.7 Å². The van der Waals surface area contributed by atoms with Crippen LogP contribution in [0.1, 0.15) is 73.4 Å². The lowest BCUT2D eigenvalue weighted by atomic mass is 9.73. The van der Waals surface area contributed by atoms with E-state index >= 15 is 0 Å². The minimum Gasteiger partial charge on any atom is -0.492 e. The van der Waals surface area contributed by atoms with Crippen molar-refractivity contribution in [3.63, 3.8) is 0 Å². The number of carboxylic acid groups (broad SMARTS) is 1. The summed E-state index contributed by atoms with van der Waals surface area (Å²) in [4.78, 5) is 29.2. The number of ether oxygens (including phenoxy) is 2. The van der Waals surface area contributed by atoms with E-state index in [4.69, 9.17) is 14.6 Å². The van der Waals surface area contributed by atoms with Crippen LogP contribution in [0.25, 0.3) is 0 Å². The van der Waals surface area contributed by atoms with Crippen LogP contribution in [0.4, 0.5) is 0 Å². The molecule has 35 heavy (non-hydrogen) atoms. The monoisotopic (exact) mass is 480 g/mol. The quantitative estimate of drug-likeness (QED) is 0.547. The highest BCUT2D eigenvalue weighted by molar-refractivity contribution is 5.89. The summed E-state index contributed by atoms with van der Waals surface area (Å²) < 4.78 is 11.7. The Balaban J connectivity index is 1.44. The second kappa shape index (κ2) is 11.7. The van der Waals surface area contributed by atoms with Crippen LogP contribution in [0.5, 0.6) is 5.75 Å². The molecule has 1 saturated heterocycles. The normalized spacial score (nSPS) is 19.0. The van der Waals surface area contributed by atoms with Gasteiger partial charge < -0.3 is 19.9 Å². The standard InChI is InChI=1S/C28H36N2O5/c1-20(15-21-7-9-23(10-8-21)26(31)32)30-27(33)28(11-13-34-14-12-28)24-16-25(18-29-17-24)35-19-22-5-3-2-4-6-22/h7-10,16-18,20,22H,2-6,11-15,19H2,1H3,(H,30,33)(H,31,32)/t20-/m0/s1. The Hall–Kier alpha value is -2.93. The first kappa shape index (κ1) is 25.2. The van der Waals surface area contributed by atoms with E-state index in [2.05, 4.69) is 10.3 Å². The Morgan fingerprint density at radius 2 is 1.86 bits per heavy atom. The molecule has 1 atom stereocenters. The third kappa shape index (κ3) is 6.40. The Morgan fingerprint density at radius 1 is 1.14 bits per heavy atom. The van der Waals surface area contributed by atoms with Crippen molar-refractivity contribution in [3.05, 3.63) is 59.4 Å². The van der Waals surface area contributed by atoms with E-state index in [0.717, 1.165) is 16.9 Å². The van der Waals surface area contributed by atoms with Gasteiger partial charge in [0.25, 0.3) is 0 Å². The topological polar surface area (TPSA) is 97.8 Å². The van der Waals surface area contributed by atoms with Gasteiger partial charge in [-0.1, -0.05) is 31.4 Å². The van der Waals surface area contributed by atoms with E-state index in [0.29, 0.717) is 45.0 Å². The largest absolute Gasteiger partial charge is 0.492 e. The van der Waals surface area contributed by atoms with Gasteiger partial charge in [0.05, 0.1) is 23.8 Å². The predicted octanol–water partition coefficient (Wildman–Crippen LogP) is 4.53. The molecule has 1 saturated carbocycles. The predicted molar refractivity (Wildman–Crippen MR) is 133 cm³/mol. The molecule has 7 nitrogen and oxygen atoms in total. The summed E-state index contributed by atoms with van der Waals surface area (Å²) in [6, 6.07) is 8.65. The highest BCUT2D eigenvalue weighted by atomic mass is 16.5. The third-order valence-electron chi connectivity index (χ3n) is 7.38. The van der Waals surface area contributed by atoms with E-state index in [1.165, 1.54) is 32.1 Å². The number of hydrogen-bond acceptors (Lipinski definition) is 5. The van der Waals surface area contributed by atoms with Crippen LogP contribution >= 0.6 is 0 Å². The fraction of sp³-hybridized carbons (Fsp3) is 0.536. The number of amides is 1. The van der Waals surface area contributed by atoms with E-state index in [9.17, 15) is 9.59 Å². The molecule has 1 amide bonds. The van der Waals surface area contributed by atoms with Crippen molar-refractivity contribution in [2.75, 3.05) is 19.8 Å². The van der Waals surface area contributed by atoms with E-state index in [1.807, 2.05) is 13.0 Å². The molecule has 2 fully saturated rings. The number of rotatable bonds is 9. The molecule has 0 spiro atoms. The van der Waals surface area contributed by atoms with Crippen LogP contribution in [0.3, 0.4) is 0 Å². The smallest absolute Gasteiger partial charge is 0.335 e. The summed E-state index contributed by atoms with van der Waals surface area (Å²) in [5.41, 5.74) is 1.39. The first-order chi connectivity index (χ1) is 17.0. The molecule has 4 rings (SSSR count). The minimum absolute atomic E-state index is 0.0262. The van der Waals surface area contributed by atoms with Crippen molar-refractivity contribution in [2.45, 2.75) is 69.7 Å². The summed E-state index contributed by atoms with van der Waals surface area (Å²) >= 11 is 0. The van der Waals surface area contributed by atoms with Crippen LogP contribution in [-0.2, 0) is 21.4 Å². The number of carbonyl (C=O) groups excluding carboxylic acids is 1. The first-order valence-corrected chi connectivity index (χ1v) is 12.8. The van der Waals surface area contributed by atoms with Crippen molar-refractivity contribution < 1.29 is 24.2 Å². The summed E-state index contributed by atoms with van der Waals surface area (Å²) in [7, 11) is 0. The van der Waals surface area contributed by atoms with Gasteiger partial charge in [0.15, 0.2) is 0 Å². The SMILES string of the molecule is C[C@@H](Cc1ccc(C(=O)O)cc1)NC(=O)C1(c2cncc(OCC3CCCCC3)c2)CCOCC1. The summed E-state index contributed by atoms with van der Waals surface area (Å²) in [5, 5.41) is 12.3. The second-order valence-electron chi connectivity index (χ2n) is 10.00. The number of hydrogen-bond donors (Lipinski definition) is 2. The fourth-order valence-electron chi connectivity index (χ4n) is 5.24. The molecule has 0 bridgehead atoms. The van der Waals surface area contributed by atoms with Crippen LogP contribution in [0.2, 0.25) is 0 Å². The number of nitrogens with zero attached hydrogens (tertiary/aromatic N) is 1. The van der Waals surface area contributed by atoms with Crippen molar-refractivity contribution in [2.24, 2.45) is 5.92 Å². The number of aromatic carboxylic acids is 1. The van der Waals surface area contributed by atoms with Gasteiger partial charge in [-0.2, -0.15) is 0 Å². The maximum Gasteiger partial charge on any atom is 0.335 e.